The van der Waals surface area contributed by atoms with Crippen LogP contribution < -0.4 is 10.1 Å². The third-order valence-electron chi connectivity index (χ3n) is 7.26. The SMILES string of the molecule is Cc1ccc(NC(=O)N(CCC(C)C)CC(=O)N2CCc3sccc3C2COc2ccc(C(C)C)cc2)cc1. The Morgan fingerprint density at radius 1 is 1.05 bits per heavy atom. The highest BCUT2D eigenvalue weighted by molar-refractivity contribution is 7.10. The number of carbonyl (C=O) groups is 2. The molecule has 0 fully saturated rings. The summed E-state index contributed by atoms with van der Waals surface area (Å²) in [6.07, 6.45) is 1.64. The Labute approximate surface area is 237 Å². The summed E-state index contributed by atoms with van der Waals surface area (Å²) in [7, 11) is 0. The van der Waals surface area contributed by atoms with Crippen molar-refractivity contribution >= 4 is 29.0 Å². The first-order valence-electron chi connectivity index (χ1n) is 13.9. The quantitative estimate of drug-likeness (QED) is 0.290. The minimum atomic E-state index is -0.251. The Balaban J connectivity index is 1.48. The lowest BCUT2D eigenvalue weighted by molar-refractivity contribution is -0.135. The number of benzene rings is 2. The molecule has 1 aromatic heterocycles. The summed E-state index contributed by atoms with van der Waals surface area (Å²) in [5.74, 6) is 1.62. The van der Waals surface area contributed by atoms with Crippen LogP contribution in [0.25, 0.3) is 0 Å². The third-order valence-corrected chi connectivity index (χ3v) is 8.26. The summed E-state index contributed by atoms with van der Waals surface area (Å²) >= 11 is 1.73. The molecule has 1 aliphatic rings. The van der Waals surface area contributed by atoms with Gasteiger partial charge in [0.1, 0.15) is 18.9 Å². The van der Waals surface area contributed by atoms with Crippen molar-refractivity contribution in [3.63, 3.8) is 0 Å². The molecule has 2 heterocycles. The molecule has 1 N–H and O–H groups in total. The zero-order valence-electron chi connectivity index (χ0n) is 23.8. The van der Waals surface area contributed by atoms with E-state index in [0.717, 1.165) is 35.4 Å². The molecule has 7 heteroatoms. The highest BCUT2D eigenvalue weighted by Gasteiger charge is 2.33. The van der Waals surface area contributed by atoms with Gasteiger partial charge in [-0.1, -0.05) is 57.5 Å². The van der Waals surface area contributed by atoms with Gasteiger partial charge in [-0.2, -0.15) is 0 Å². The number of carbonyl (C=O) groups excluding carboxylic acids is 2. The predicted molar refractivity (Wildman–Crippen MR) is 160 cm³/mol. The highest BCUT2D eigenvalue weighted by atomic mass is 32.1. The summed E-state index contributed by atoms with van der Waals surface area (Å²) < 4.78 is 6.22. The fraction of sp³-hybridized carbons (Fsp3) is 0.438. The van der Waals surface area contributed by atoms with Crippen molar-refractivity contribution in [2.45, 2.75) is 59.4 Å². The molecule has 39 heavy (non-hydrogen) atoms. The number of amides is 3. The van der Waals surface area contributed by atoms with Gasteiger partial charge in [0.25, 0.3) is 0 Å². The number of fused-ring (bicyclic) bond motifs is 1. The molecule has 0 saturated carbocycles. The molecular formula is C32H41N3O3S. The highest BCUT2D eigenvalue weighted by Crippen LogP contribution is 2.34. The fourth-order valence-electron chi connectivity index (χ4n) is 4.76. The lowest BCUT2D eigenvalue weighted by atomic mass is 10.00. The number of hydrogen-bond acceptors (Lipinski definition) is 4. The van der Waals surface area contributed by atoms with Crippen LogP contribution in [0, 0.1) is 12.8 Å². The fourth-order valence-corrected chi connectivity index (χ4v) is 5.69. The Bertz CT molecular complexity index is 1230. The summed E-state index contributed by atoms with van der Waals surface area (Å²) in [5, 5.41) is 5.07. The molecule has 0 radical (unpaired) electrons. The van der Waals surface area contributed by atoms with E-state index in [4.69, 9.17) is 4.74 Å². The Morgan fingerprint density at radius 2 is 1.77 bits per heavy atom. The van der Waals surface area contributed by atoms with Crippen molar-refractivity contribution in [3.05, 3.63) is 81.5 Å². The van der Waals surface area contributed by atoms with Crippen molar-refractivity contribution < 1.29 is 14.3 Å². The molecule has 0 spiro atoms. The second-order valence-corrected chi connectivity index (χ2v) is 12.1. The van der Waals surface area contributed by atoms with E-state index < -0.39 is 0 Å². The van der Waals surface area contributed by atoms with E-state index in [1.165, 1.54) is 10.4 Å². The maximum absolute atomic E-state index is 13.8. The number of anilines is 1. The van der Waals surface area contributed by atoms with Crippen LogP contribution in [-0.2, 0) is 11.2 Å². The molecule has 1 unspecified atom stereocenters. The van der Waals surface area contributed by atoms with Crippen LogP contribution >= 0.6 is 11.3 Å². The normalized spacial score (nSPS) is 14.8. The largest absolute Gasteiger partial charge is 0.491 e. The zero-order valence-corrected chi connectivity index (χ0v) is 24.6. The minimum Gasteiger partial charge on any atom is -0.491 e. The average Bonchev–Trinajstić information content (AvgIpc) is 3.40. The summed E-state index contributed by atoms with van der Waals surface area (Å²) in [4.78, 5) is 31.9. The summed E-state index contributed by atoms with van der Waals surface area (Å²) in [6.45, 7) is 12.1. The smallest absolute Gasteiger partial charge is 0.322 e. The maximum atomic E-state index is 13.8. The van der Waals surface area contributed by atoms with Crippen LogP contribution in [0.2, 0.25) is 0 Å². The number of thiophene rings is 1. The number of nitrogens with zero attached hydrogens (tertiary/aromatic N) is 2. The molecular weight excluding hydrogens is 506 g/mol. The van der Waals surface area contributed by atoms with Gasteiger partial charge in [0.2, 0.25) is 5.91 Å². The predicted octanol–water partition coefficient (Wildman–Crippen LogP) is 7.26. The summed E-state index contributed by atoms with van der Waals surface area (Å²) in [6, 6.07) is 17.6. The van der Waals surface area contributed by atoms with E-state index in [-0.39, 0.29) is 24.5 Å². The van der Waals surface area contributed by atoms with E-state index in [1.54, 1.807) is 16.2 Å². The van der Waals surface area contributed by atoms with E-state index >= 15 is 0 Å². The number of aryl methyl sites for hydroxylation is 1. The molecule has 6 nitrogen and oxygen atoms in total. The number of urea groups is 1. The molecule has 0 saturated heterocycles. The molecule has 3 aromatic rings. The number of ether oxygens (including phenoxy) is 1. The van der Waals surface area contributed by atoms with Crippen LogP contribution in [0.3, 0.4) is 0 Å². The van der Waals surface area contributed by atoms with Crippen molar-refractivity contribution in [2.75, 3.05) is 31.6 Å². The Hall–Kier alpha value is -3.32. The number of hydrogen-bond donors (Lipinski definition) is 1. The van der Waals surface area contributed by atoms with E-state index in [1.807, 2.05) is 48.2 Å². The monoisotopic (exact) mass is 547 g/mol. The molecule has 4 rings (SSSR count). The van der Waals surface area contributed by atoms with Gasteiger partial charge in [-0.15, -0.1) is 11.3 Å². The van der Waals surface area contributed by atoms with Crippen molar-refractivity contribution in [1.82, 2.24) is 9.80 Å². The molecule has 0 aliphatic carbocycles. The van der Waals surface area contributed by atoms with Crippen molar-refractivity contribution in [1.29, 1.82) is 0 Å². The summed E-state index contributed by atoms with van der Waals surface area (Å²) in [5.41, 5.74) is 4.27. The molecule has 1 atom stereocenters. The van der Waals surface area contributed by atoms with Crippen LogP contribution in [0.5, 0.6) is 5.75 Å². The third kappa shape index (κ3) is 7.63. The van der Waals surface area contributed by atoms with Gasteiger partial charge in [0.15, 0.2) is 0 Å². The Morgan fingerprint density at radius 3 is 2.44 bits per heavy atom. The first kappa shape index (κ1) is 28.7. The van der Waals surface area contributed by atoms with E-state index in [2.05, 4.69) is 56.6 Å². The van der Waals surface area contributed by atoms with Crippen molar-refractivity contribution in [3.8, 4) is 5.75 Å². The lowest BCUT2D eigenvalue weighted by Crippen LogP contribution is -2.49. The van der Waals surface area contributed by atoms with Gasteiger partial charge in [-0.3, -0.25) is 4.79 Å². The van der Waals surface area contributed by atoms with Crippen LogP contribution in [-0.4, -0.2) is 48.0 Å². The van der Waals surface area contributed by atoms with Gasteiger partial charge in [-0.05, 0) is 78.4 Å². The minimum absolute atomic E-state index is 0.0312. The average molecular weight is 548 g/mol. The van der Waals surface area contributed by atoms with Crippen molar-refractivity contribution in [2.24, 2.45) is 5.92 Å². The topological polar surface area (TPSA) is 61.9 Å². The van der Waals surface area contributed by atoms with Gasteiger partial charge in [0, 0.05) is 23.7 Å². The van der Waals surface area contributed by atoms with E-state index in [9.17, 15) is 9.59 Å². The van der Waals surface area contributed by atoms with Crippen LogP contribution in [0.1, 0.15) is 67.6 Å². The van der Waals surface area contributed by atoms with Gasteiger partial charge in [0.05, 0.1) is 6.04 Å². The molecule has 208 valence electrons. The maximum Gasteiger partial charge on any atom is 0.322 e. The molecule has 3 amide bonds. The number of nitrogens with one attached hydrogen (secondary N) is 1. The lowest BCUT2D eigenvalue weighted by Gasteiger charge is -2.37. The second kappa shape index (κ2) is 13.2. The zero-order chi connectivity index (χ0) is 27.9. The van der Waals surface area contributed by atoms with E-state index in [0.29, 0.717) is 31.5 Å². The first-order chi connectivity index (χ1) is 18.7. The van der Waals surface area contributed by atoms with Gasteiger partial charge in [-0.25, -0.2) is 4.79 Å². The molecule has 0 bridgehead atoms. The molecule has 2 aromatic carbocycles. The molecule has 1 aliphatic heterocycles. The Kier molecular flexibility index (Phi) is 9.68. The number of rotatable bonds is 10. The van der Waals surface area contributed by atoms with Gasteiger partial charge >= 0.3 is 6.03 Å². The van der Waals surface area contributed by atoms with Crippen LogP contribution in [0.15, 0.2) is 60.0 Å². The second-order valence-electron chi connectivity index (χ2n) is 11.1. The van der Waals surface area contributed by atoms with Crippen LogP contribution in [0.4, 0.5) is 10.5 Å². The standard InChI is InChI=1S/C32H41N3O3S/c1-22(2)14-17-34(32(37)33-26-10-6-24(5)7-11-26)20-31(36)35-18-15-30-28(16-19-39-30)29(35)21-38-27-12-8-25(9-13-27)23(3)4/h6-13,16,19,22-23,29H,14-15,17-18,20-21H2,1-5H3,(H,33,37). The first-order valence-corrected chi connectivity index (χ1v) is 14.8. The van der Waals surface area contributed by atoms with Gasteiger partial charge < -0.3 is 19.9 Å².